The van der Waals surface area contributed by atoms with Crippen LogP contribution < -0.4 is 9.47 Å². The van der Waals surface area contributed by atoms with E-state index in [0.717, 1.165) is 5.56 Å². The van der Waals surface area contributed by atoms with E-state index in [9.17, 15) is 10.1 Å². The van der Waals surface area contributed by atoms with Crippen molar-refractivity contribution in [2.75, 3.05) is 13.7 Å². The normalized spacial score (nSPS) is 10.9. The third-order valence-corrected chi connectivity index (χ3v) is 4.08. The number of carbonyl (C=O) groups excluding carboxylic acids is 1. The van der Waals surface area contributed by atoms with Gasteiger partial charge in [-0.2, -0.15) is 5.26 Å². The van der Waals surface area contributed by atoms with E-state index in [1.807, 2.05) is 26.0 Å². The Morgan fingerprint density at radius 3 is 2.68 bits per heavy atom. The van der Waals surface area contributed by atoms with Gasteiger partial charge in [0, 0.05) is 5.56 Å². The van der Waals surface area contributed by atoms with Gasteiger partial charge in [-0.25, -0.2) is 0 Å². The summed E-state index contributed by atoms with van der Waals surface area (Å²) < 4.78 is 11.6. The Kier molecular flexibility index (Phi) is 6.37. The van der Waals surface area contributed by atoms with Crippen LogP contribution in [-0.2, 0) is 0 Å². The zero-order valence-electron chi connectivity index (χ0n) is 14.3. The molecule has 0 aromatic heterocycles. The lowest BCUT2D eigenvalue weighted by Crippen LogP contribution is -2.02. The molecule has 0 saturated heterocycles. The average Bonchev–Trinajstić information content (AvgIpc) is 2.59. The minimum absolute atomic E-state index is 0.0603. The molecule has 4 nitrogen and oxygen atoms in total. The number of halogens is 1. The number of allylic oxidation sites excluding steroid dienone is 1. The quantitative estimate of drug-likeness (QED) is 0.391. The molecule has 0 fully saturated rings. The zero-order chi connectivity index (χ0) is 18.4. The van der Waals surface area contributed by atoms with Crippen molar-refractivity contribution in [3.8, 4) is 17.6 Å². The summed E-state index contributed by atoms with van der Waals surface area (Å²) in [4.78, 5) is 12.6. The first-order valence-corrected chi connectivity index (χ1v) is 8.53. The van der Waals surface area contributed by atoms with Gasteiger partial charge in [-0.05, 0) is 59.6 Å². The average molecular weight is 400 g/mol. The first kappa shape index (κ1) is 18.8. The number of benzene rings is 2. The van der Waals surface area contributed by atoms with Crippen molar-refractivity contribution in [1.82, 2.24) is 0 Å². The fourth-order valence-corrected chi connectivity index (χ4v) is 3.01. The van der Waals surface area contributed by atoms with Crippen LogP contribution in [0.25, 0.3) is 6.08 Å². The number of rotatable bonds is 6. The Morgan fingerprint density at radius 2 is 2.08 bits per heavy atom. The van der Waals surface area contributed by atoms with Crippen LogP contribution in [0.3, 0.4) is 0 Å². The van der Waals surface area contributed by atoms with E-state index in [0.29, 0.717) is 33.7 Å². The molecule has 25 heavy (non-hydrogen) atoms. The van der Waals surface area contributed by atoms with Crippen molar-refractivity contribution in [3.05, 3.63) is 63.1 Å². The molecule has 0 bridgehead atoms. The van der Waals surface area contributed by atoms with Gasteiger partial charge in [0.15, 0.2) is 11.5 Å². The van der Waals surface area contributed by atoms with E-state index >= 15 is 0 Å². The van der Waals surface area contributed by atoms with Crippen molar-refractivity contribution in [2.24, 2.45) is 0 Å². The maximum Gasteiger partial charge on any atom is 0.203 e. The Bertz CT molecular complexity index is 866. The van der Waals surface area contributed by atoms with Crippen molar-refractivity contribution in [1.29, 1.82) is 5.26 Å². The van der Waals surface area contributed by atoms with Gasteiger partial charge in [0.2, 0.25) is 5.78 Å². The van der Waals surface area contributed by atoms with Crippen LogP contribution in [-0.4, -0.2) is 19.5 Å². The molecular formula is C20H18BrNO3. The van der Waals surface area contributed by atoms with E-state index in [4.69, 9.17) is 9.47 Å². The number of Topliss-reactive ketones (excluding diaryl/α,β-unsaturated/α-hetero) is 1. The highest BCUT2D eigenvalue weighted by Crippen LogP contribution is 2.37. The molecule has 0 aliphatic rings. The second-order valence-corrected chi connectivity index (χ2v) is 6.19. The third kappa shape index (κ3) is 4.49. The van der Waals surface area contributed by atoms with E-state index in [-0.39, 0.29) is 11.4 Å². The fraction of sp³-hybridized carbons (Fsp3) is 0.200. The number of ether oxygens (including phenoxy) is 2. The molecule has 2 aromatic rings. The lowest BCUT2D eigenvalue weighted by Gasteiger charge is -2.12. The Labute approximate surface area is 155 Å². The molecule has 0 spiro atoms. The number of nitrogens with zero attached hydrogens (tertiary/aromatic N) is 1. The van der Waals surface area contributed by atoms with Crippen LogP contribution in [0, 0.1) is 18.3 Å². The van der Waals surface area contributed by atoms with Crippen molar-refractivity contribution < 1.29 is 14.3 Å². The maximum absolute atomic E-state index is 12.6. The number of carbonyl (C=O) groups is 1. The summed E-state index contributed by atoms with van der Waals surface area (Å²) in [7, 11) is 1.56. The number of aryl methyl sites for hydroxylation is 1. The minimum atomic E-state index is -0.309. The smallest absolute Gasteiger partial charge is 0.203 e. The van der Waals surface area contributed by atoms with Crippen molar-refractivity contribution >= 4 is 27.8 Å². The molecule has 0 aliphatic carbocycles. The van der Waals surface area contributed by atoms with E-state index in [1.165, 1.54) is 0 Å². The first-order chi connectivity index (χ1) is 12.0. The number of ketones is 1. The van der Waals surface area contributed by atoms with Gasteiger partial charge in [0.25, 0.3) is 0 Å². The molecule has 0 heterocycles. The monoisotopic (exact) mass is 399 g/mol. The van der Waals surface area contributed by atoms with Gasteiger partial charge in [0.05, 0.1) is 18.2 Å². The second-order valence-electron chi connectivity index (χ2n) is 5.34. The van der Waals surface area contributed by atoms with Crippen LogP contribution in [0.4, 0.5) is 0 Å². The lowest BCUT2D eigenvalue weighted by molar-refractivity contribution is 0.104. The Hall–Kier alpha value is -2.58. The lowest BCUT2D eigenvalue weighted by atomic mass is 10.0. The fourth-order valence-electron chi connectivity index (χ4n) is 2.39. The zero-order valence-corrected chi connectivity index (χ0v) is 15.9. The Balaban J connectivity index is 2.46. The van der Waals surface area contributed by atoms with Crippen molar-refractivity contribution in [3.63, 3.8) is 0 Å². The summed E-state index contributed by atoms with van der Waals surface area (Å²) >= 11 is 3.43. The van der Waals surface area contributed by atoms with Crippen LogP contribution in [0.15, 0.2) is 46.4 Å². The number of nitriles is 1. The maximum atomic E-state index is 12.6. The molecule has 0 aliphatic heterocycles. The summed E-state index contributed by atoms with van der Waals surface area (Å²) in [6.07, 6.45) is 1.55. The van der Waals surface area contributed by atoms with Gasteiger partial charge in [-0.3, -0.25) is 4.79 Å². The highest BCUT2D eigenvalue weighted by Gasteiger charge is 2.15. The van der Waals surface area contributed by atoms with Gasteiger partial charge in [-0.15, -0.1) is 0 Å². The van der Waals surface area contributed by atoms with E-state index in [2.05, 4.69) is 15.9 Å². The molecule has 2 rings (SSSR count). The predicted octanol–water partition coefficient (Wildman–Crippen LogP) is 4.95. The van der Waals surface area contributed by atoms with Gasteiger partial charge >= 0.3 is 0 Å². The summed E-state index contributed by atoms with van der Waals surface area (Å²) in [5.74, 6) is 0.810. The second kappa shape index (κ2) is 8.50. The summed E-state index contributed by atoms with van der Waals surface area (Å²) in [5, 5.41) is 9.42. The molecule has 0 atom stereocenters. The van der Waals surface area contributed by atoms with Crippen LogP contribution in [0.2, 0.25) is 0 Å². The summed E-state index contributed by atoms with van der Waals surface area (Å²) in [6.45, 7) is 4.25. The summed E-state index contributed by atoms with van der Waals surface area (Å²) in [5.41, 5.74) is 2.19. The molecule has 5 heteroatoms. The highest BCUT2D eigenvalue weighted by molar-refractivity contribution is 9.10. The number of methoxy groups -OCH3 is 1. The molecule has 0 amide bonds. The predicted molar refractivity (Wildman–Crippen MR) is 101 cm³/mol. The van der Waals surface area contributed by atoms with E-state index < -0.39 is 0 Å². The molecule has 0 unspecified atom stereocenters. The largest absolute Gasteiger partial charge is 0.492 e. The standard InChI is InChI=1S/C20H18BrNO3/c1-4-25-18-11-14(10-17(21)20(18)24-3)9-16(12-22)19(23)15-7-5-6-13(2)8-15/h5-11H,4H2,1-3H3/b16-9+. The molecule has 0 radical (unpaired) electrons. The third-order valence-electron chi connectivity index (χ3n) is 3.49. The molecule has 0 saturated carbocycles. The topological polar surface area (TPSA) is 59.3 Å². The van der Waals surface area contributed by atoms with Crippen LogP contribution in [0.1, 0.15) is 28.4 Å². The SMILES string of the molecule is CCOc1cc(/C=C(\C#N)C(=O)c2cccc(C)c2)cc(Br)c1OC. The van der Waals surface area contributed by atoms with Crippen LogP contribution in [0.5, 0.6) is 11.5 Å². The van der Waals surface area contributed by atoms with Crippen LogP contribution >= 0.6 is 15.9 Å². The number of hydrogen-bond acceptors (Lipinski definition) is 4. The molecular weight excluding hydrogens is 382 g/mol. The molecule has 2 aromatic carbocycles. The first-order valence-electron chi connectivity index (χ1n) is 7.73. The Morgan fingerprint density at radius 1 is 1.32 bits per heavy atom. The number of hydrogen-bond donors (Lipinski definition) is 0. The minimum Gasteiger partial charge on any atom is -0.492 e. The van der Waals surface area contributed by atoms with Gasteiger partial charge in [0.1, 0.15) is 11.6 Å². The highest BCUT2D eigenvalue weighted by atomic mass is 79.9. The molecule has 0 N–H and O–H groups in total. The van der Waals surface area contributed by atoms with E-state index in [1.54, 1.807) is 43.5 Å². The van der Waals surface area contributed by atoms with Gasteiger partial charge < -0.3 is 9.47 Å². The van der Waals surface area contributed by atoms with Crippen molar-refractivity contribution in [2.45, 2.75) is 13.8 Å². The molecule has 128 valence electrons. The summed E-state index contributed by atoms with van der Waals surface area (Å²) in [6, 6.07) is 12.7. The van der Waals surface area contributed by atoms with Gasteiger partial charge in [-0.1, -0.05) is 23.8 Å².